The summed E-state index contributed by atoms with van der Waals surface area (Å²) in [6, 6.07) is 4.46. The lowest BCUT2D eigenvalue weighted by molar-refractivity contribution is -0.209. The third-order valence-electron chi connectivity index (χ3n) is 5.12. The van der Waals surface area contributed by atoms with E-state index in [2.05, 4.69) is 24.7 Å². The first-order valence-electron chi connectivity index (χ1n) is 9.30. The largest absolute Gasteiger partial charge is 0.452 e. The number of ether oxygens (including phenoxy) is 1. The summed E-state index contributed by atoms with van der Waals surface area (Å²) < 4.78 is 73.2. The number of fused-ring (bicyclic) bond motifs is 1. The normalized spacial score (nSPS) is 21.3. The first-order valence-corrected chi connectivity index (χ1v) is 9.68. The average molecular weight is 472 g/mol. The molecule has 6 nitrogen and oxygen atoms in total. The van der Waals surface area contributed by atoms with Crippen molar-refractivity contribution in [3.8, 4) is 0 Å². The highest BCUT2D eigenvalue weighted by Crippen LogP contribution is 2.41. The second-order valence-electron chi connectivity index (χ2n) is 7.30. The number of halogens is 6. The van der Waals surface area contributed by atoms with Crippen molar-refractivity contribution in [3.05, 3.63) is 64.5 Å². The van der Waals surface area contributed by atoms with Crippen LogP contribution in [0.2, 0.25) is 5.02 Å². The molecule has 0 bridgehead atoms. The molecule has 0 saturated carbocycles. The van der Waals surface area contributed by atoms with Crippen molar-refractivity contribution in [1.82, 2.24) is 15.0 Å². The van der Waals surface area contributed by atoms with E-state index in [1.165, 1.54) is 24.7 Å². The lowest BCUT2D eigenvalue weighted by atomic mass is 9.83. The van der Waals surface area contributed by atoms with Gasteiger partial charge in [0.25, 0.3) is 6.02 Å². The van der Waals surface area contributed by atoms with Gasteiger partial charge in [-0.15, -0.1) is 0 Å². The van der Waals surface area contributed by atoms with Gasteiger partial charge in [0, 0.05) is 24.6 Å². The smallest absolute Gasteiger partial charge is 0.425 e. The highest BCUT2D eigenvalue weighted by atomic mass is 35.5. The van der Waals surface area contributed by atoms with Gasteiger partial charge in [0.2, 0.25) is 0 Å². The molecule has 0 saturated heterocycles. The van der Waals surface area contributed by atoms with Crippen molar-refractivity contribution in [3.63, 3.8) is 0 Å². The molecular formula is C20H15ClF5N5O. The van der Waals surface area contributed by atoms with Crippen LogP contribution in [0.3, 0.4) is 0 Å². The van der Waals surface area contributed by atoms with E-state index in [-0.39, 0.29) is 12.0 Å². The Morgan fingerprint density at radius 3 is 2.69 bits per heavy atom. The van der Waals surface area contributed by atoms with Gasteiger partial charge < -0.3 is 10.5 Å². The third-order valence-corrected chi connectivity index (χ3v) is 5.32. The highest BCUT2D eigenvalue weighted by molar-refractivity contribution is 6.31. The molecule has 0 spiro atoms. The quantitative estimate of drug-likeness (QED) is 0.575. The van der Waals surface area contributed by atoms with Gasteiger partial charge in [-0.25, -0.2) is 23.7 Å². The maximum atomic E-state index is 14.7. The summed E-state index contributed by atoms with van der Waals surface area (Å²) in [5.41, 5.74) is 4.73. The Balaban J connectivity index is 1.75. The molecule has 1 aliphatic rings. The van der Waals surface area contributed by atoms with E-state index in [9.17, 15) is 22.0 Å². The first-order chi connectivity index (χ1) is 15.1. The second kappa shape index (κ2) is 8.12. The number of alkyl halides is 4. The molecule has 12 heteroatoms. The van der Waals surface area contributed by atoms with Gasteiger partial charge in [0.1, 0.15) is 29.9 Å². The van der Waals surface area contributed by atoms with Gasteiger partial charge in [-0.3, -0.25) is 4.98 Å². The van der Waals surface area contributed by atoms with Gasteiger partial charge in [0.05, 0.1) is 16.2 Å². The molecular weight excluding hydrogens is 457 g/mol. The van der Waals surface area contributed by atoms with Crippen LogP contribution >= 0.6 is 11.6 Å². The van der Waals surface area contributed by atoms with Crippen molar-refractivity contribution in [2.75, 3.05) is 6.67 Å². The van der Waals surface area contributed by atoms with Crippen LogP contribution in [0.15, 0.2) is 41.8 Å². The molecule has 0 aliphatic carbocycles. The fraction of sp³-hybridized carbons (Fsp3) is 0.300. The van der Waals surface area contributed by atoms with Gasteiger partial charge in [-0.1, -0.05) is 17.7 Å². The number of nitrogens with zero attached hydrogens (tertiary/aromatic N) is 4. The Kier molecular flexibility index (Phi) is 5.61. The summed E-state index contributed by atoms with van der Waals surface area (Å²) in [5.74, 6) is -0.914. The first kappa shape index (κ1) is 22.1. The maximum Gasteiger partial charge on any atom is 0.425 e. The van der Waals surface area contributed by atoms with Gasteiger partial charge in [-0.2, -0.15) is 13.2 Å². The molecule has 0 fully saturated rings. The number of rotatable bonds is 4. The SMILES string of the molecule is NC1=N[C@](CF)(c2cc(Cc3ncnc4cc(Cl)cnc34)ccc2F)C[C@@H](C(F)(F)F)O1. The molecule has 3 aromatic rings. The molecule has 4 rings (SSSR count). The molecule has 2 aromatic heterocycles. The number of amidine groups is 1. The van der Waals surface area contributed by atoms with Crippen LogP contribution in [0.1, 0.15) is 23.2 Å². The zero-order valence-electron chi connectivity index (χ0n) is 16.2. The fourth-order valence-corrected chi connectivity index (χ4v) is 3.77. The van der Waals surface area contributed by atoms with Crippen molar-refractivity contribution in [2.45, 2.75) is 30.7 Å². The number of aromatic nitrogens is 3. The number of hydrogen-bond acceptors (Lipinski definition) is 6. The third kappa shape index (κ3) is 4.16. The van der Waals surface area contributed by atoms with Crippen molar-refractivity contribution in [1.29, 1.82) is 0 Å². The van der Waals surface area contributed by atoms with Crippen LogP contribution in [0.25, 0.3) is 11.0 Å². The second-order valence-corrected chi connectivity index (χ2v) is 7.74. The number of aliphatic imine (C=N–C) groups is 1. The van der Waals surface area contributed by atoms with E-state index in [0.29, 0.717) is 27.3 Å². The highest BCUT2D eigenvalue weighted by Gasteiger charge is 2.52. The molecule has 2 atom stereocenters. The van der Waals surface area contributed by atoms with Crippen LogP contribution in [0.4, 0.5) is 22.0 Å². The molecule has 1 aromatic carbocycles. The minimum absolute atomic E-state index is 0.127. The van der Waals surface area contributed by atoms with Gasteiger partial charge >= 0.3 is 6.18 Å². The van der Waals surface area contributed by atoms with Gasteiger partial charge in [0.15, 0.2) is 6.10 Å². The number of hydrogen-bond donors (Lipinski definition) is 1. The predicted octanol–water partition coefficient (Wildman–Crippen LogP) is 4.24. The van der Waals surface area contributed by atoms with Crippen molar-refractivity contribution >= 4 is 28.7 Å². The lowest BCUT2D eigenvalue weighted by Crippen LogP contribution is -2.48. The average Bonchev–Trinajstić information content (AvgIpc) is 2.74. The van der Waals surface area contributed by atoms with E-state index < -0.39 is 42.8 Å². The zero-order chi connectivity index (χ0) is 23.1. The topological polar surface area (TPSA) is 86.3 Å². The number of pyridine rings is 1. The summed E-state index contributed by atoms with van der Waals surface area (Å²) in [7, 11) is 0. The predicted molar refractivity (Wildman–Crippen MR) is 106 cm³/mol. The summed E-state index contributed by atoms with van der Waals surface area (Å²) in [5, 5.41) is 0.380. The molecule has 0 radical (unpaired) electrons. The van der Waals surface area contributed by atoms with E-state index in [4.69, 9.17) is 17.3 Å². The van der Waals surface area contributed by atoms with E-state index in [0.717, 1.165) is 6.07 Å². The summed E-state index contributed by atoms with van der Waals surface area (Å²) in [6.07, 6.45) is -5.35. The van der Waals surface area contributed by atoms with Crippen LogP contribution in [0.5, 0.6) is 0 Å². The number of nitrogens with two attached hydrogens (primary N) is 1. The van der Waals surface area contributed by atoms with Crippen LogP contribution in [0, 0.1) is 5.82 Å². The minimum Gasteiger partial charge on any atom is -0.452 e. The lowest BCUT2D eigenvalue weighted by Gasteiger charge is -2.36. The molecule has 1 aliphatic heterocycles. The molecule has 0 amide bonds. The summed E-state index contributed by atoms with van der Waals surface area (Å²) in [6.45, 7) is -1.40. The maximum absolute atomic E-state index is 14.7. The van der Waals surface area contributed by atoms with E-state index >= 15 is 0 Å². The number of benzene rings is 1. The van der Waals surface area contributed by atoms with Crippen LogP contribution < -0.4 is 5.73 Å². The summed E-state index contributed by atoms with van der Waals surface area (Å²) in [4.78, 5) is 16.2. The Hall–Kier alpha value is -3.08. The standard InChI is InChI=1S/C20H15ClF5N5O/c21-11-5-15-17(28-7-11)14(29-9-30-15)4-10-1-2-13(23)12(3-10)19(8-22)6-16(20(24,25)26)32-18(27)31-19/h1-3,5,7,9,16H,4,6,8H2,(H2,27,31)/t16-,19+/m0/s1. The Morgan fingerprint density at radius 1 is 1.19 bits per heavy atom. The minimum atomic E-state index is -4.83. The van der Waals surface area contributed by atoms with Gasteiger partial charge in [-0.05, 0) is 23.8 Å². The molecule has 168 valence electrons. The molecule has 32 heavy (non-hydrogen) atoms. The van der Waals surface area contributed by atoms with E-state index in [1.807, 2.05) is 0 Å². The Bertz CT molecular complexity index is 1200. The molecule has 0 unspecified atom stereocenters. The Labute approximate surface area is 183 Å². The summed E-state index contributed by atoms with van der Waals surface area (Å²) >= 11 is 5.93. The molecule has 3 heterocycles. The monoisotopic (exact) mass is 471 g/mol. The van der Waals surface area contributed by atoms with E-state index in [1.54, 1.807) is 6.07 Å². The fourth-order valence-electron chi connectivity index (χ4n) is 3.62. The zero-order valence-corrected chi connectivity index (χ0v) is 17.0. The Morgan fingerprint density at radius 2 is 1.97 bits per heavy atom. The van der Waals surface area contributed by atoms with Crippen LogP contribution in [-0.4, -0.2) is 39.9 Å². The van der Waals surface area contributed by atoms with Crippen molar-refractivity contribution in [2.24, 2.45) is 10.7 Å². The molecule has 2 N–H and O–H groups in total. The van der Waals surface area contributed by atoms with Crippen LogP contribution in [-0.2, 0) is 16.7 Å². The van der Waals surface area contributed by atoms with Crippen molar-refractivity contribution < 1.29 is 26.7 Å².